The van der Waals surface area contributed by atoms with Crippen LogP contribution in [0.1, 0.15) is 0 Å². The monoisotopic (exact) mass is 265 g/mol. The van der Waals surface area contributed by atoms with E-state index in [2.05, 4.69) is 20.4 Å². The first kappa shape index (κ1) is 13.0. The third-order valence-corrected chi connectivity index (χ3v) is 3.08. The van der Waals surface area contributed by atoms with Gasteiger partial charge in [-0.1, -0.05) is 0 Å². The van der Waals surface area contributed by atoms with Crippen molar-refractivity contribution in [1.29, 1.82) is 0 Å². The van der Waals surface area contributed by atoms with E-state index in [1.54, 1.807) is 12.4 Å². The minimum absolute atomic E-state index is 0.513. The van der Waals surface area contributed by atoms with Crippen molar-refractivity contribution < 1.29 is 4.74 Å². The fourth-order valence-electron chi connectivity index (χ4n) is 1.44. The van der Waals surface area contributed by atoms with Gasteiger partial charge in [0.25, 0.3) is 0 Å². The van der Waals surface area contributed by atoms with Crippen LogP contribution in [0.25, 0.3) is 10.8 Å². The Labute approximate surface area is 110 Å². The van der Waals surface area contributed by atoms with Gasteiger partial charge in [0.1, 0.15) is 11.6 Å². The number of aromatic nitrogens is 4. The summed E-state index contributed by atoms with van der Waals surface area (Å²) in [7, 11) is 3.99. The van der Waals surface area contributed by atoms with Gasteiger partial charge in [0.05, 0.1) is 17.8 Å². The van der Waals surface area contributed by atoms with Gasteiger partial charge in [-0.05, 0) is 20.4 Å². The first-order valence-electron chi connectivity index (χ1n) is 5.51. The minimum atomic E-state index is 0.513. The number of likely N-dealkylation sites (N-methyl/N-ethyl adjacent to an activating group) is 1. The van der Waals surface area contributed by atoms with Gasteiger partial charge in [0.2, 0.25) is 5.88 Å². The summed E-state index contributed by atoms with van der Waals surface area (Å²) < 4.78 is 5.64. The van der Waals surface area contributed by atoms with Crippen molar-refractivity contribution in [2.24, 2.45) is 0 Å². The van der Waals surface area contributed by atoms with Gasteiger partial charge < -0.3 is 9.64 Å². The number of ether oxygens (including phenoxy) is 1. The van der Waals surface area contributed by atoms with E-state index in [9.17, 15) is 0 Å². The number of rotatable bonds is 5. The first-order valence-corrected chi connectivity index (χ1v) is 6.73. The Morgan fingerprint density at radius 2 is 1.89 bits per heavy atom. The number of thioether (sulfide) groups is 1. The summed E-state index contributed by atoms with van der Waals surface area (Å²) in [4.78, 5) is 2.05. The first-order chi connectivity index (χ1) is 8.72. The van der Waals surface area contributed by atoms with Gasteiger partial charge in [0, 0.05) is 11.9 Å². The maximum atomic E-state index is 5.64. The van der Waals surface area contributed by atoms with Crippen LogP contribution in [0.5, 0.6) is 5.88 Å². The summed E-state index contributed by atoms with van der Waals surface area (Å²) in [5.41, 5.74) is 0. The number of fused-ring (bicyclic) bond motifs is 1. The average Bonchev–Trinajstić information content (AvgIpc) is 2.38. The second kappa shape index (κ2) is 5.92. The van der Waals surface area contributed by atoms with Crippen molar-refractivity contribution in [2.45, 2.75) is 5.03 Å². The Morgan fingerprint density at radius 3 is 2.56 bits per heavy atom. The van der Waals surface area contributed by atoms with E-state index in [4.69, 9.17) is 4.74 Å². The zero-order valence-corrected chi connectivity index (χ0v) is 11.4. The highest BCUT2D eigenvalue weighted by atomic mass is 32.2. The lowest BCUT2D eigenvalue weighted by molar-refractivity contribution is 0.254. The summed E-state index contributed by atoms with van der Waals surface area (Å²) in [5.74, 6) is 0.513. The third kappa shape index (κ3) is 2.85. The molecule has 0 bridgehead atoms. The molecule has 0 saturated heterocycles. The molecule has 0 spiro atoms. The summed E-state index contributed by atoms with van der Waals surface area (Å²) >= 11 is 1.53. The van der Waals surface area contributed by atoms with Crippen LogP contribution in [0.4, 0.5) is 0 Å². The quantitative estimate of drug-likeness (QED) is 0.749. The third-order valence-electron chi connectivity index (χ3n) is 2.39. The molecule has 7 heteroatoms. The van der Waals surface area contributed by atoms with Gasteiger partial charge in [-0.2, -0.15) is 10.2 Å². The molecule has 0 aliphatic rings. The van der Waals surface area contributed by atoms with Gasteiger partial charge in [-0.3, -0.25) is 0 Å². The van der Waals surface area contributed by atoms with Crippen molar-refractivity contribution in [3.8, 4) is 5.88 Å². The fourth-order valence-corrected chi connectivity index (χ4v) is 1.95. The van der Waals surface area contributed by atoms with E-state index in [1.807, 2.05) is 25.3 Å². The van der Waals surface area contributed by atoms with Crippen molar-refractivity contribution >= 4 is 22.5 Å². The maximum Gasteiger partial charge on any atom is 0.243 e. The van der Waals surface area contributed by atoms with E-state index >= 15 is 0 Å². The molecule has 2 rings (SSSR count). The van der Waals surface area contributed by atoms with Crippen LogP contribution in [0.2, 0.25) is 0 Å². The highest BCUT2D eigenvalue weighted by Gasteiger charge is 2.10. The second-order valence-corrected chi connectivity index (χ2v) is 4.78. The molecule has 0 fully saturated rings. The lowest BCUT2D eigenvalue weighted by atomic mass is 10.3. The standard InChI is InChI=1S/C11H15N5OS/c1-16(2)4-5-17-10-8-6-12-13-7-9(8)11(18-3)15-14-10/h6-7H,4-5H2,1-3H3. The molecular formula is C11H15N5OS. The van der Waals surface area contributed by atoms with Crippen LogP contribution in [-0.2, 0) is 0 Å². The molecule has 0 N–H and O–H groups in total. The van der Waals surface area contributed by atoms with Crippen LogP contribution in [0.3, 0.4) is 0 Å². The molecule has 0 aliphatic heterocycles. The van der Waals surface area contributed by atoms with E-state index in [-0.39, 0.29) is 0 Å². The summed E-state index contributed by atoms with van der Waals surface area (Å²) in [6.45, 7) is 1.39. The Bertz CT molecular complexity index is 534. The SMILES string of the molecule is CSc1nnc(OCCN(C)C)c2cnncc12. The molecule has 2 heterocycles. The largest absolute Gasteiger partial charge is 0.475 e. The molecule has 0 unspecified atom stereocenters. The molecule has 18 heavy (non-hydrogen) atoms. The lowest BCUT2D eigenvalue weighted by Gasteiger charge is -2.11. The second-order valence-electron chi connectivity index (χ2n) is 3.98. The number of nitrogens with zero attached hydrogens (tertiary/aromatic N) is 5. The zero-order valence-electron chi connectivity index (χ0n) is 10.6. The molecule has 0 amide bonds. The van der Waals surface area contributed by atoms with E-state index in [0.29, 0.717) is 12.5 Å². The fraction of sp³-hybridized carbons (Fsp3) is 0.455. The highest BCUT2D eigenvalue weighted by Crippen LogP contribution is 2.27. The lowest BCUT2D eigenvalue weighted by Crippen LogP contribution is -2.19. The highest BCUT2D eigenvalue weighted by molar-refractivity contribution is 7.98. The van der Waals surface area contributed by atoms with Crippen LogP contribution < -0.4 is 4.74 Å². The van der Waals surface area contributed by atoms with E-state index in [0.717, 1.165) is 22.3 Å². The van der Waals surface area contributed by atoms with Crippen molar-refractivity contribution in [2.75, 3.05) is 33.5 Å². The topological polar surface area (TPSA) is 64.0 Å². The van der Waals surface area contributed by atoms with Crippen LogP contribution in [-0.4, -0.2) is 58.8 Å². The Hall–Kier alpha value is -1.47. The molecular weight excluding hydrogens is 250 g/mol. The molecule has 0 aromatic carbocycles. The van der Waals surface area contributed by atoms with Gasteiger partial charge in [-0.15, -0.1) is 22.0 Å². The predicted octanol–water partition coefficient (Wildman–Crippen LogP) is 1.08. The van der Waals surface area contributed by atoms with Crippen molar-refractivity contribution in [3.63, 3.8) is 0 Å². The molecule has 2 aromatic rings. The van der Waals surface area contributed by atoms with Gasteiger partial charge in [0.15, 0.2) is 0 Å². The Balaban J connectivity index is 2.28. The van der Waals surface area contributed by atoms with E-state index in [1.165, 1.54) is 11.8 Å². The normalized spacial score (nSPS) is 11.1. The van der Waals surface area contributed by atoms with E-state index < -0.39 is 0 Å². The zero-order chi connectivity index (χ0) is 13.0. The van der Waals surface area contributed by atoms with Gasteiger partial charge in [-0.25, -0.2) is 0 Å². The van der Waals surface area contributed by atoms with Crippen LogP contribution >= 0.6 is 11.8 Å². The maximum absolute atomic E-state index is 5.64. The minimum Gasteiger partial charge on any atom is -0.475 e. The Morgan fingerprint density at radius 1 is 1.17 bits per heavy atom. The summed E-state index contributed by atoms with van der Waals surface area (Å²) in [6, 6.07) is 0. The average molecular weight is 265 g/mol. The number of hydrogen-bond donors (Lipinski definition) is 0. The predicted molar refractivity (Wildman–Crippen MR) is 71.0 cm³/mol. The smallest absolute Gasteiger partial charge is 0.243 e. The molecule has 0 radical (unpaired) electrons. The molecule has 6 nitrogen and oxygen atoms in total. The van der Waals surface area contributed by atoms with Gasteiger partial charge >= 0.3 is 0 Å². The molecule has 96 valence electrons. The van der Waals surface area contributed by atoms with Crippen molar-refractivity contribution in [3.05, 3.63) is 12.4 Å². The molecule has 0 aliphatic carbocycles. The number of hydrogen-bond acceptors (Lipinski definition) is 7. The van der Waals surface area contributed by atoms with Crippen LogP contribution in [0, 0.1) is 0 Å². The Kier molecular flexibility index (Phi) is 4.27. The molecule has 0 atom stereocenters. The summed E-state index contributed by atoms with van der Waals surface area (Å²) in [6.07, 6.45) is 5.31. The molecule has 2 aromatic heterocycles. The van der Waals surface area contributed by atoms with Crippen LogP contribution in [0.15, 0.2) is 17.4 Å². The summed E-state index contributed by atoms with van der Waals surface area (Å²) in [5, 5.41) is 18.6. The molecule has 0 saturated carbocycles. The van der Waals surface area contributed by atoms with Crippen molar-refractivity contribution in [1.82, 2.24) is 25.3 Å².